The highest BCUT2D eigenvalue weighted by Gasteiger charge is 2.16. The highest BCUT2D eigenvalue weighted by molar-refractivity contribution is 7.99. The van der Waals surface area contributed by atoms with Crippen molar-refractivity contribution in [3.05, 3.63) is 106 Å². The van der Waals surface area contributed by atoms with E-state index in [0.29, 0.717) is 28.8 Å². The van der Waals surface area contributed by atoms with Crippen molar-refractivity contribution in [2.75, 3.05) is 11.1 Å². The number of alkyl halides is 2. The Labute approximate surface area is 205 Å². The second-order valence-corrected chi connectivity index (χ2v) is 8.91. The van der Waals surface area contributed by atoms with Gasteiger partial charge in [-0.15, -0.1) is 10.2 Å². The van der Waals surface area contributed by atoms with Gasteiger partial charge in [-0.2, -0.15) is 0 Å². The predicted molar refractivity (Wildman–Crippen MR) is 131 cm³/mol. The fourth-order valence-electron chi connectivity index (χ4n) is 3.31. The summed E-state index contributed by atoms with van der Waals surface area (Å²) in [6, 6.07) is 23.0. The average molecular weight is 499 g/mol. The number of halogens is 3. The predicted octanol–water partition coefficient (Wildman–Crippen LogP) is 6.24. The van der Waals surface area contributed by atoms with E-state index >= 15 is 0 Å². The number of hydrogen-bond donors (Lipinski definition) is 1. The molecule has 0 radical (unpaired) electrons. The lowest BCUT2D eigenvalue weighted by atomic mass is 10.1. The van der Waals surface area contributed by atoms with Gasteiger partial charge < -0.3 is 9.88 Å². The van der Waals surface area contributed by atoms with Crippen LogP contribution in [0.3, 0.4) is 0 Å². The second-order valence-electron chi connectivity index (χ2n) is 7.53. The lowest BCUT2D eigenvalue weighted by Gasteiger charge is -2.11. The van der Waals surface area contributed by atoms with Crippen LogP contribution in [0, 0.1) is 0 Å². The molecule has 1 N–H and O–H groups in total. The van der Waals surface area contributed by atoms with E-state index in [-0.39, 0.29) is 17.2 Å². The molecular formula is C25H21ClF2N4OS. The minimum absolute atomic E-state index is 0.0892. The van der Waals surface area contributed by atoms with E-state index in [1.807, 2.05) is 59.2 Å². The summed E-state index contributed by atoms with van der Waals surface area (Å²) in [5.74, 6) is 0.618. The molecule has 4 rings (SSSR count). The van der Waals surface area contributed by atoms with Gasteiger partial charge in [0.25, 0.3) is 6.43 Å². The number of nitrogens with one attached hydrogen (secondary N) is 1. The Morgan fingerprint density at radius 1 is 0.941 bits per heavy atom. The quantitative estimate of drug-likeness (QED) is 0.277. The van der Waals surface area contributed by atoms with Crippen molar-refractivity contribution in [1.82, 2.24) is 14.8 Å². The lowest BCUT2D eigenvalue weighted by Crippen LogP contribution is -2.15. The van der Waals surface area contributed by atoms with Gasteiger partial charge in [0.1, 0.15) is 5.82 Å². The molecule has 0 saturated heterocycles. The topological polar surface area (TPSA) is 59.8 Å². The first-order valence-corrected chi connectivity index (χ1v) is 11.9. The highest BCUT2D eigenvalue weighted by atomic mass is 35.5. The zero-order valence-electron chi connectivity index (χ0n) is 18.0. The maximum Gasteiger partial charge on any atom is 0.263 e. The maximum absolute atomic E-state index is 12.7. The molecule has 5 nitrogen and oxygen atoms in total. The Morgan fingerprint density at radius 2 is 1.65 bits per heavy atom. The summed E-state index contributed by atoms with van der Waals surface area (Å²) >= 11 is 7.29. The van der Waals surface area contributed by atoms with Crippen LogP contribution in [0.1, 0.15) is 28.9 Å². The standard InChI is InChI=1S/C25H21ClF2N4OS/c26-20-10-6-18(7-11-20)15-32-22(14-17-4-2-1-3-5-17)30-31-25(32)34-16-23(33)29-21-12-8-19(9-13-21)24(27)28/h1-13,24H,14-16H2,(H,29,33). The third-order valence-electron chi connectivity index (χ3n) is 5.03. The van der Waals surface area contributed by atoms with Crippen LogP contribution in [0.4, 0.5) is 14.5 Å². The number of thioether (sulfide) groups is 1. The summed E-state index contributed by atoms with van der Waals surface area (Å²) in [6.07, 6.45) is -1.94. The molecule has 1 amide bonds. The molecule has 1 aromatic heterocycles. The van der Waals surface area contributed by atoms with E-state index in [4.69, 9.17) is 11.6 Å². The van der Waals surface area contributed by atoms with Crippen LogP contribution < -0.4 is 5.32 Å². The van der Waals surface area contributed by atoms with Gasteiger partial charge in [0, 0.05) is 22.7 Å². The molecule has 0 aliphatic heterocycles. The first-order valence-electron chi connectivity index (χ1n) is 10.5. The van der Waals surface area contributed by atoms with Crippen molar-refractivity contribution >= 4 is 35.0 Å². The van der Waals surface area contributed by atoms with Crippen molar-refractivity contribution in [1.29, 1.82) is 0 Å². The van der Waals surface area contributed by atoms with E-state index in [9.17, 15) is 13.6 Å². The minimum atomic E-state index is -2.54. The summed E-state index contributed by atoms with van der Waals surface area (Å²) in [6.45, 7) is 0.533. The molecular weight excluding hydrogens is 478 g/mol. The largest absolute Gasteiger partial charge is 0.325 e. The van der Waals surface area contributed by atoms with Gasteiger partial charge in [-0.3, -0.25) is 4.79 Å². The molecule has 0 bridgehead atoms. The van der Waals surface area contributed by atoms with Crippen molar-refractivity contribution in [2.24, 2.45) is 0 Å². The molecule has 9 heteroatoms. The molecule has 0 aliphatic rings. The van der Waals surface area contributed by atoms with E-state index in [0.717, 1.165) is 17.0 Å². The van der Waals surface area contributed by atoms with E-state index in [2.05, 4.69) is 15.5 Å². The fraction of sp³-hybridized carbons (Fsp3) is 0.160. The van der Waals surface area contributed by atoms with Crippen molar-refractivity contribution < 1.29 is 13.6 Å². The van der Waals surface area contributed by atoms with Gasteiger partial charge in [-0.25, -0.2) is 8.78 Å². The number of nitrogens with zero attached hydrogens (tertiary/aromatic N) is 3. The number of benzene rings is 3. The van der Waals surface area contributed by atoms with Crippen LogP contribution in [0.25, 0.3) is 0 Å². The van der Waals surface area contributed by atoms with Gasteiger partial charge in [0.15, 0.2) is 5.16 Å². The molecule has 0 fully saturated rings. The van der Waals surface area contributed by atoms with Crippen LogP contribution >= 0.6 is 23.4 Å². The Morgan fingerprint density at radius 3 is 2.32 bits per heavy atom. The number of carbonyl (C=O) groups is 1. The Kier molecular flexibility index (Phi) is 7.92. The van der Waals surface area contributed by atoms with Crippen molar-refractivity contribution in [3.63, 3.8) is 0 Å². The summed E-state index contributed by atoms with van der Waals surface area (Å²) in [5.41, 5.74) is 2.51. The zero-order chi connectivity index (χ0) is 23.9. The van der Waals surface area contributed by atoms with Crippen molar-refractivity contribution in [2.45, 2.75) is 24.5 Å². The molecule has 4 aromatic rings. The third kappa shape index (κ3) is 6.42. The van der Waals surface area contributed by atoms with Gasteiger partial charge in [0.05, 0.1) is 12.3 Å². The summed E-state index contributed by atoms with van der Waals surface area (Å²) in [4.78, 5) is 12.5. The first kappa shape index (κ1) is 23.9. The average Bonchev–Trinajstić information content (AvgIpc) is 3.21. The summed E-state index contributed by atoms with van der Waals surface area (Å²) in [5, 5.41) is 12.7. The monoisotopic (exact) mass is 498 g/mol. The Hall–Kier alpha value is -3.23. The number of aromatic nitrogens is 3. The zero-order valence-corrected chi connectivity index (χ0v) is 19.6. The molecule has 0 spiro atoms. The first-order chi connectivity index (χ1) is 16.5. The van der Waals surface area contributed by atoms with Crippen LogP contribution in [0.2, 0.25) is 5.02 Å². The molecule has 0 saturated carbocycles. The minimum Gasteiger partial charge on any atom is -0.325 e. The van der Waals surface area contributed by atoms with Gasteiger partial charge in [-0.05, 0) is 35.4 Å². The molecule has 0 unspecified atom stereocenters. The van der Waals surface area contributed by atoms with Crippen LogP contribution in [-0.2, 0) is 17.8 Å². The number of anilines is 1. The van der Waals surface area contributed by atoms with E-state index < -0.39 is 6.43 Å². The van der Waals surface area contributed by atoms with Gasteiger partial charge >= 0.3 is 0 Å². The molecule has 34 heavy (non-hydrogen) atoms. The van der Waals surface area contributed by atoms with Gasteiger partial charge in [0.2, 0.25) is 5.91 Å². The molecule has 0 aliphatic carbocycles. The van der Waals surface area contributed by atoms with E-state index in [1.165, 1.54) is 36.0 Å². The maximum atomic E-state index is 12.7. The van der Waals surface area contributed by atoms with Crippen LogP contribution in [0.5, 0.6) is 0 Å². The number of hydrogen-bond acceptors (Lipinski definition) is 4. The number of amides is 1. The molecule has 1 heterocycles. The fourth-order valence-corrected chi connectivity index (χ4v) is 4.19. The molecule has 174 valence electrons. The van der Waals surface area contributed by atoms with Crippen LogP contribution in [-0.4, -0.2) is 26.4 Å². The van der Waals surface area contributed by atoms with Crippen molar-refractivity contribution in [3.8, 4) is 0 Å². The molecule has 3 aromatic carbocycles. The number of rotatable bonds is 9. The second kappa shape index (κ2) is 11.3. The molecule has 0 atom stereocenters. The van der Waals surface area contributed by atoms with Gasteiger partial charge in [-0.1, -0.05) is 78.0 Å². The summed E-state index contributed by atoms with van der Waals surface area (Å²) < 4.78 is 27.4. The Balaban J connectivity index is 1.47. The SMILES string of the molecule is O=C(CSc1nnc(Cc2ccccc2)n1Cc1ccc(Cl)cc1)Nc1ccc(C(F)F)cc1. The Bertz CT molecular complexity index is 1230. The van der Waals surface area contributed by atoms with Crippen LogP contribution in [0.15, 0.2) is 84.0 Å². The lowest BCUT2D eigenvalue weighted by molar-refractivity contribution is -0.113. The highest BCUT2D eigenvalue weighted by Crippen LogP contribution is 2.23. The smallest absolute Gasteiger partial charge is 0.263 e. The summed E-state index contributed by atoms with van der Waals surface area (Å²) in [7, 11) is 0. The normalized spacial score (nSPS) is 11.1. The van der Waals surface area contributed by atoms with E-state index in [1.54, 1.807) is 0 Å². The number of carbonyl (C=O) groups excluding carboxylic acids is 1. The third-order valence-corrected chi connectivity index (χ3v) is 6.25.